The number of rotatable bonds is 9. The van der Waals surface area contributed by atoms with E-state index in [1.165, 1.54) is 11.3 Å². The molecule has 0 fully saturated rings. The van der Waals surface area contributed by atoms with Gasteiger partial charge in [-0.1, -0.05) is 55.0 Å². The molecule has 37 heavy (non-hydrogen) atoms. The van der Waals surface area contributed by atoms with Gasteiger partial charge in [-0.25, -0.2) is 9.79 Å². The van der Waals surface area contributed by atoms with Crippen molar-refractivity contribution < 1.29 is 23.7 Å². The molecule has 0 saturated heterocycles. The average molecular weight is 523 g/mol. The van der Waals surface area contributed by atoms with Gasteiger partial charge < -0.3 is 18.9 Å². The molecule has 4 rings (SSSR count). The Morgan fingerprint density at radius 2 is 1.76 bits per heavy atom. The van der Waals surface area contributed by atoms with Crippen LogP contribution in [0.5, 0.6) is 17.2 Å². The van der Waals surface area contributed by atoms with Crippen molar-refractivity contribution in [3.8, 4) is 17.2 Å². The summed E-state index contributed by atoms with van der Waals surface area (Å²) >= 11 is 1.26. The highest BCUT2D eigenvalue weighted by atomic mass is 32.1. The molecule has 2 aromatic carbocycles. The van der Waals surface area contributed by atoms with E-state index in [0.717, 1.165) is 6.42 Å². The molecule has 1 aliphatic heterocycles. The Labute approximate surface area is 219 Å². The number of para-hydroxylation sites is 2. The monoisotopic (exact) mass is 522 g/mol. The van der Waals surface area contributed by atoms with E-state index in [-0.39, 0.29) is 12.2 Å². The number of thiazole rings is 1. The fourth-order valence-corrected chi connectivity index (χ4v) is 5.49. The van der Waals surface area contributed by atoms with Crippen LogP contribution < -0.4 is 29.1 Å². The third-order valence-corrected chi connectivity index (χ3v) is 7.03. The van der Waals surface area contributed by atoms with Gasteiger partial charge in [0.25, 0.3) is 5.56 Å². The molecule has 3 aromatic rings. The number of aromatic nitrogens is 1. The normalized spacial score (nSPS) is 15.2. The lowest BCUT2D eigenvalue weighted by molar-refractivity contribution is -0.139. The molecule has 0 N–H and O–H groups in total. The Kier molecular flexibility index (Phi) is 8.13. The van der Waals surface area contributed by atoms with Crippen LogP contribution in [-0.2, 0) is 9.53 Å². The fourth-order valence-electron chi connectivity index (χ4n) is 4.47. The quantitative estimate of drug-likeness (QED) is 0.399. The molecule has 1 atom stereocenters. The first-order chi connectivity index (χ1) is 18.0. The maximum Gasteiger partial charge on any atom is 0.338 e. The molecule has 0 amide bonds. The van der Waals surface area contributed by atoms with Crippen molar-refractivity contribution in [3.63, 3.8) is 0 Å². The first kappa shape index (κ1) is 26.2. The molecule has 8 nitrogen and oxygen atoms in total. The maximum atomic E-state index is 13.9. The molecule has 0 radical (unpaired) electrons. The van der Waals surface area contributed by atoms with Crippen molar-refractivity contribution in [2.75, 3.05) is 27.9 Å². The molecule has 1 aromatic heterocycles. The molecule has 0 saturated carbocycles. The summed E-state index contributed by atoms with van der Waals surface area (Å²) in [5.41, 5.74) is 2.07. The maximum absolute atomic E-state index is 13.9. The van der Waals surface area contributed by atoms with Gasteiger partial charge in [0.2, 0.25) is 0 Å². The van der Waals surface area contributed by atoms with Gasteiger partial charge in [-0.05, 0) is 31.6 Å². The van der Waals surface area contributed by atoms with E-state index in [0.29, 0.717) is 55.4 Å². The van der Waals surface area contributed by atoms with Crippen LogP contribution >= 0.6 is 11.3 Å². The molecule has 0 unspecified atom stereocenters. The Balaban J connectivity index is 2.04. The fraction of sp³-hybridized carbons (Fsp3) is 0.321. The SMILES string of the molecule is CCCC1=C(C(=O)OCC)[C@H](c2ccccc2OC)n2c(s/c(=C\c3cccc(OC)c3OC)c2=O)=N1. The molecule has 9 heteroatoms. The second-order valence-corrected chi connectivity index (χ2v) is 9.25. The summed E-state index contributed by atoms with van der Waals surface area (Å²) in [7, 11) is 4.69. The topological polar surface area (TPSA) is 88.4 Å². The molecule has 0 aliphatic carbocycles. The number of hydrogen-bond acceptors (Lipinski definition) is 8. The minimum absolute atomic E-state index is 0.209. The van der Waals surface area contributed by atoms with Crippen molar-refractivity contribution in [1.29, 1.82) is 0 Å². The van der Waals surface area contributed by atoms with Gasteiger partial charge in [0.1, 0.15) is 11.8 Å². The highest BCUT2D eigenvalue weighted by Gasteiger charge is 2.35. The van der Waals surface area contributed by atoms with Gasteiger partial charge in [0.05, 0.1) is 43.7 Å². The standard InChI is InChI=1S/C28H30N2O6S/c1-6-11-19-23(27(32)36-7-2)24(18-13-8-9-14-20(18)33-3)30-26(31)22(37-28(30)29-19)16-17-12-10-15-21(34-4)25(17)35-5/h8-10,12-16,24H,6-7,11H2,1-5H3/b22-16-/t24-/m0/s1. The number of esters is 1. The van der Waals surface area contributed by atoms with Crippen molar-refractivity contribution in [1.82, 2.24) is 4.57 Å². The summed E-state index contributed by atoms with van der Waals surface area (Å²) < 4.78 is 24.1. The number of allylic oxidation sites excluding steroid dienone is 1. The first-order valence-corrected chi connectivity index (χ1v) is 12.9. The number of nitrogens with zero attached hydrogens (tertiary/aromatic N) is 2. The minimum Gasteiger partial charge on any atom is -0.496 e. The van der Waals surface area contributed by atoms with Crippen LogP contribution in [0.2, 0.25) is 0 Å². The number of carbonyl (C=O) groups is 1. The Morgan fingerprint density at radius 1 is 1.03 bits per heavy atom. The number of fused-ring (bicyclic) bond motifs is 1. The third kappa shape index (κ3) is 4.91. The van der Waals surface area contributed by atoms with E-state index in [2.05, 4.69) is 0 Å². The third-order valence-electron chi connectivity index (χ3n) is 6.05. The van der Waals surface area contributed by atoms with Crippen LogP contribution in [0, 0.1) is 0 Å². The molecule has 2 heterocycles. The predicted octanol–water partition coefficient (Wildman–Crippen LogP) is 3.60. The Bertz CT molecular complexity index is 1520. The summed E-state index contributed by atoms with van der Waals surface area (Å²) in [6, 6.07) is 12.1. The largest absolute Gasteiger partial charge is 0.496 e. The molecular weight excluding hydrogens is 492 g/mol. The zero-order valence-electron chi connectivity index (χ0n) is 21.6. The van der Waals surface area contributed by atoms with Crippen molar-refractivity contribution >= 4 is 23.4 Å². The van der Waals surface area contributed by atoms with Gasteiger partial charge in [-0.15, -0.1) is 0 Å². The summed E-state index contributed by atoms with van der Waals surface area (Å²) in [6.07, 6.45) is 3.10. The van der Waals surface area contributed by atoms with E-state index in [1.807, 2.05) is 43.3 Å². The predicted molar refractivity (Wildman–Crippen MR) is 142 cm³/mol. The number of hydrogen-bond donors (Lipinski definition) is 0. The van der Waals surface area contributed by atoms with E-state index in [9.17, 15) is 9.59 Å². The van der Waals surface area contributed by atoms with E-state index in [4.69, 9.17) is 23.9 Å². The van der Waals surface area contributed by atoms with Gasteiger partial charge in [0, 0.05) is 11.1 Å². The highest BCUT2D eigenvalue weighted by Crippen LogP contribution is 2.37. The Hall–Kier alpha value is -3.85. The van der Waals surface area contributed by atoms with Crippen LogP contribution in [0.1, 0.15) is 43.9 Å². The van der Waals surface area contributed by atoms with Gasteiger partial charge >= 0.3 is 5.97 Å². The minimum atomic E-state index is -0.748. The van der Waals surface area contributed by atoms with Crippen LogP contribution in [0.15, 0.2) is 63.5 Å². The molecular formula is C28H30N2O6S. The highest BCUT2D eigenvalue weighted by molar-refractivity contribution is 7.07. The summed E-state index contributed by atoms with van der Waals surface area (Å²) in [6.45, 7) is 3.99. The van der Waals surface area contributed by atoms with Crippen LogP contribution in [0.3, 0.4) is 0 Å². The lowest BCUT2D eigenvalue weighted by Crippen LogP contribution is -2.40. The van der Waals surface area contributed by atoms with Crippen LogP contribution in [-0.4, -0.2) is 38.5 Å². The second-order valence-electron chi connectivity index (χ2n) is 8.24. The lowest BCUT2D eigenvalue weighted by atomic mass is 9.93. The first-order valence-electron chi connectivity index (χ1n) is 12.0. The average Bonchev–Trinajstić information content (AvgIpc) is 3.22. The van der Waals surface area contributed by atoms with E-state index in [1.54, 1.807) is 45.0 Å². The Morgan fingerprint density at radius 3 is 2.43 bits per heavy atom. The van der Waals surface area contributed by atoms with Crippen LogP contribution in [0.25, 0.3) is 6.08 Å². The number of ether oxygens (including phenoxy) is 4. The van der Waals surface area contributed by atoms with Gasteiger partial charge in [-0.3, -0.25) is 9.36 Å². The van der Waals surface area contributed by atoms with Crippen molar-refractivity contribution in [2.45, 2.75) is 32.7 Å². The van der Waals surface area contributed by atoms with Crippen molar-refractivity contribution in [3.05, 3.63) is 84.5 Å². The molecule has 0 bridgehead atoms. The van der Waals surface area contributed by atoms with E-state index >= 15 is 0 Å². The smallest absolute Gasteiger partial charge is 0.338 e. The summed E-state index contributed by atoms with van der Waals surface area (Å²) in [4.78, 5) is 32.5. The second kappa shape index (κ2) is 11.5. The molecule has 0 spiro atoms. The lowest BCUT2D eigenvalue weighted by Gasteiger charge is -2.26. The number of methoxy groups -OCH3 is 3. The summed E-state index contributed by atoms with van der Waals surface area (Å²) in [5.74, 6) is 1.16. The van der Waals surface area contributed by atoms with Gasteiger partial charge in [0.15, 0.2) is 16.3 Å². The summed E-state index contributed by atoms with van der Waals surface area (Å²) in [5, 5.41) is 0. The molecule has 194 valence electrons. The van der Waals surface area contributed by atoms with Crippen LogP contribution in [0.4, 0.5) is 0 Å². The van der Waals surface area contributed by atoms with E-state index < -0.39 is 12.0 Å². The van der Waals surface area contributed by atoms with Gasteiger partial charge in [-0.2, -0.15) is 0 Å². The number of benzene rings is 2. The zero-order valence-corrected chi connectivity index (χ0v) is 22.4. The van der Waals surface area contributed by atoms with Crippen molar-refractivity contribution in [2.24, 2.45) is 4.99 Å². The number of carbonyl (C=O) groups excluding carboxylic acids is 1. The zero-order chi connectivity index (χ0) is 26.5. The molecule has 1 aliphatic rings.